The molecule has 0 unspecified atom stereocenters. The van der Waals surface area contributed by atoms with Crippen LogP contribution >= 0.6 is 0 Å². The van der Waals surface area contributed by atoms with Gasteiger partial charge in [-0.25, -0.2) is 0 Å². The minimum absolute atomic E-state index is 0.0774. The van der Waals surface area contributed by atoms with Crippen LogP contribution in [0.1, 0.15) is 29.5 Å². The molecule has 1 amide bonds. The molecule has 1 aliphatic rings. The highest BCUT2D eigenvalue weighted by Crippen LogP contribution is 2.30. The summed E-state index contributed by atoms with van der Waals surface area (Å²) in [6, 6.07) is 12.2. The highest BCUT2D eigenvalue weighted by Gasteiger charge is 2.19. The second-order valence-electron chi connectivity index (χ2n) is 7.14. The summed E-state index contributed by atoms with van der Waals surface area (Å²) in [5.41, 5.74) is 3.61. The van der Waals surface area contributed by atoms with Crippen LogP contribution in [-0.2, 0) is 4.79 Å². The van der Waals surface area contributed by atoms with Crippen LogP contribution in [0.5, 0.6) is 0 Å². The molecule has 1 N–H and O–H groups in total. The average Bonchev–Trinajstić information content (AvgIpc) is 3.23. The molecule has 0 bridgehead atoms. The lowest BCUT2D eigenvalue weighted by Crippen LogP contribution is -2.19. The van der Waals surface area contributed by atoms with Gasteiger partial charge in [0.25, 0.3) is 11.6 Å². The Balaban J connectivity index is 1.97. The van der Waals surface area contributed by atoms with Crippen LogP contribution in [0.4, 0.5) is 17.1 Å². The van der Waals surface area contributed by atoms with Crippen molar-refractivity contribution in [2.45, 2.75) is 26.7 Å². The lowest BCUT2D eigenvalue weighted by molar-refractivity contribution is -0.384. The number of carbonyl (C=O) groups is 1. The quantitative estimate of drug-likeness (QED) is 0.354. The third-order valence-corrected chi connectivity index (χ3v) is 4.97. The molecule has 0 aromatic heterocycles. The maximum atomic E-state index is 12.7. The SMILES string of the molecule is Cc1ccc(C)c(NC(=O)/C(C#N)=C/c2cc([N+](=O)[O-])ccc2N2CCCC2)c1. The molecule has 3 rings (SSSR count). The Morgan fingerprint density at radius 3 is 2.59 bits per heavy atom. The molecule has 29 heavy (non-hydrogen) atoms. The minimum Gasteiger partial charge on any atom is -0.371 e. The van der Waals surface area contributed by atoms with Crippen molar-refractivity contribution in [3.8, 4) is 6.07 Å². The minimum atomic E-state index is -0.542. The van der Waals surface area contributed by atoms with Crippen molar-refractivity contribution in [1.82, 2.24) is 0 Å². The molecule has 1 saturated heterocycles. The first kappa shape index (κ1) is 20.1. The van der Waals surface area contributed by atoms with E-state index < -0.39 is 10.8 Å². The Morgan fingerprint density at radius 1 is 1.21 bits per heavy atom. The molecule has 2 aromatic carbocycles. The number of nitrogens with one attached hydrogen (secondary N) is 1. The van der Waals surface area contributed by atoms with Crippen molar-refractivity contribution in [2.24, 2.45) is 0 Å². The zero-order valence-electron chi connectivity index (χ0n) is 16.4. The van der Waals surface area contributed by atoms with E-state index in [2.05, 4.69) is 10.2 Å². The second-order valence-corrected chi connectivity index (χ2v) is 7.14. The van der Waals surface area contributed by atoms with E-state index in [1.807, 2.05) is 38.1 Å². The fraction of sp³-hybridized carbons (Fsp3) is 0.273. The Hall–Kier alpha value is -3.66. The number of aryl methyl sites for hydroxylation is 2. The van der Waals surface area contributed by atoms with Gasteiger partial charge in [-0.3, -0.25) is 14.9 Å². The zero-order valence-corrected chi connectivity index (χ0v) is 16.4. The summed E-state index contributed by atoms with van der Waals surface area (Å²) < 4.78 is 0. The van der Waals surface area contributed by atoms with Crippen molar-refractivity contribution < 1.29 is 9.72 Å². The van der Waals surface area contributed by atoms with Gasteiger partial charge in [-0.1, -0.05) is 12.1 Å². The molecule has 0 atom stereocenters. The maximum Gasteiger partial charge on any atom is 0.270 e. The normalized spacial score (nSPS) is 13.8. The molecule has 148 valence electrons. The average molecular weight is 390 g/mol. The molecule has 0 aliphatic carbocycles. The first-order valence-corrected chi connectivity index (χ1v) is 9.43. The van der Waals surface area contributed by atoms with Gasteiger partial charge >= 0.3 is 0 Å². The van der Waals surface area contributed by atoms with Gasteiger partial charge in [-0.2, -0.15) is 5.26 Å². The number of anilines is 2. The van der Waals surface area contributed by atoms with Crippen molar-refractivity contribution in [3.05, 3.63) is 68.8 Å². The van der Waals surface area contributed by atoms with Gasteiger partial charge in [0.2, 0.25) is 0 Å². The van der Waals surface area contributed by atoms with E-state index in [0.29, 0.717) is 11.3 Å². The van der Waals surface area contributed by atoms with Crippen LogP contribution < -0.4 is 10.2 Å². The van der Waals surface area contributed by atoms with Gasteiger partial charge in [0, 0.05) is 42.2 Å². The second kappa shape index (κ2) is 8.57. The number of benzene rings is 2. The van der Waals surface area contributed by atoms with Crippen LogP contribution in [0.2, 0.25) is 0 Å². The van der Waals surface area contributed by atoms with Gasteiger partial charge < -0.3 is 10.2 Å². The largest absolute Gasteiger partial charge is 0.371 e. The van der Waals surface area contributed by atoms with Crippen LogP contribution in [0.25, 0.3) is 6.08 Å². The molecular weight excluding hydrogens is 368 g/mol. The van der Waals surface area contributed by atoms with E-state index in [9.17, 15) is 20.2 Å². The van der Waals surface area contributed by atoms with Crippen molar-refractivity contribution >= 4 is 29.0 Å². The number of nitro benzene ring substituents is 1. The predicted octanol–water partition coefficient (Wildman–Crippen LogP) is 4.36. The first-order valence-electron chi connectivity index (χ1n) is 9.43. The molecule has 0 radical (unpaired) electrons. The summed E-state index contributed by atoms with van der Waals surface area (Å²) >= 11 is 0. The molecule has 7 nitrogen and oxygen atoms in total. The van der Waals surface area contributed by atoms with Gasteiger partial charge in [-0.15, -0.1) is 0 Å². The van der Waals surface area contributed by atoms with E-state index in [0.717, 1.165) is 42.7 Å². The fourth-order valence-electron chi connectivity index (χ4n) is 3.38. The highest BCUT2D eigenvalue weighted by atomic mass is 16.6. The molecule has 2 aromatic rings. The van der Waals surface area contributed by atoms with Gasteiger partial charge in [0.15, 0.2) is 0 Å². The number of nitro groups is 1. The van der Waals surface area contributed by atoms with Crippen LogP contribution in [0.3, 0.4) is 0 Å². The van der Waals surface area contributed by atoms with E-state index in [1.165, 1.54) is 18.2 Å². The number of amides is 1. The number of nitriles is 1. The van der Waals surface area contributed by atoms with E-state index in [1.54, 1.807) is 6.07 Å². The topological polar surface area (TPSA) is 99.3 Å². The maximum absolute atomic E-state index is 12.7. The summed E-state index contributed by atoms with van der Waals surface area (Å²) in [6.45, 7) is 5.48. The molecule has 1 fully saturated rings. The van der Waals surface area contributed by atoms with Crippen molar-refractivity contribution in [3.63, 3.8) is 0 Å². The van der Waals surface area contributed by atoms with E-state index >= 15 is 0 Å². The van der Waals surface area contributed by atoms with E-state index in [-0.39, 0.29) is 11.3 Å². The van der Waals surface area contributed by atoms with Gasteiger partial charge in [0.1, 0.15) is 11.6 Å². The highest BCUT2D eigenvalue weighted by molar-refractivity contribution is 6.10. The lowest BCUT2D eigenvalue weighted by Gasteiger charge is -2.20. The Labute approximate surface area is 169 Å². The van der Waals surface area contributed by atoms with Crippen LogP contribution in [0.15, 0.2) is 42.0 Å². The zero-order chi connectivity index (χ0) is 21.0. The summed E-state index contributed by atoms with van der Waals surface area (Å²) in [7, 11) is 0. The predicted molar refractivity (Wildman–Crippen MR) is 113 cm³/mol. The molecule has 1 heterocycles. The third kappa shape index (κ3) is 4.61. The lowest BCUT2D eigenvalue weighted by atomic mass is 10.1. The summed E-state index contributed by atoms with van der Waals surface area (Å²) in [5, 5.41) is 23.6. The van der Waals surface area contributed by atoms with Gasteiger partial charge in [-0.05, 0) is 56.0 Å². The number of nitrogens with zero attached hydrogens (tertiary/aromatic N) is 3. The summed E-state index contributed by atoms with van der Waals surface area (Å²) in [5.74, 6) is -0.542. The van der Waals surface area contributed by atoms with Crippen LogP contribution in [-0.4, -0.2) is 23.9 Å². The molecular formula is C22H22N4O3. The fourth-order valence-corrected chi connectivity index (χ4v) is 3.38. The van der Waals surface area contributed by atoms with Gasteiger partial charge in [0.05, 0.1) is 4.92 Å². The number of rotatable bonds is 5. The Morgan fingerprint density at radius 2 is 1.93 bits per heavy atom. The smallest absolute Gasteiger partial charge is 0.270 e. The Kier molecular flexibility index (Phi) is 5.93. The van der Waals surface area contributed by atoms with Crippen LogP contribution in [0, 0.1) is 35.3 Å². The number of carbonyl (C=O) groups excluding carboxylic acids is 1. The summed E-state index contributed by atoms with van der Waals surface area (Å²) in [6.07, 6.45) is 3.51. The molecule has 7 heteroatoms. The third-order valence-electron chi connectivity index (χ3n) is 4.97. The number of non-ortho nitro benzene ring substituents is 1. The van der Waals surface area contributed by atoms with Crippen molar-refractivity contribution in [1.29, 1.82) is 5.26 Å². The first-order chi connectivity index (χ1) is 13.9. The van der Waals surface area contributed by atoms with E-state index in [4.69, 9.17) is 0 Å². The monoisotopic (exact) mass is 390 g/mol. The molecule has 0 saturated carbocycles. The molecule has 0 spiro atoms. The standard InChI is InChI=1S/C22H22N4O3/c1-15-5-6-16(2)20(11-15)24-22(27)18(14-23)12-17-13-19(26(28)29)7-8-21(17)25-9-3-4-10-25/h5-8,11-13H,3-4,9-10H2,1-2H3,(H,24,27)/b18-12+. The van der Waals surface area contributed by atoms with Crippen molar-refractivity contribution in [2.75, 3.05) is 23.3 Å². The number of hydrogen-bond donors (Lipinski definition) is 1. The molecule has 1 aliphatic heterocycles. The summed E-state index contributed by atoms with van der Waals surface area (Å²) in [4.78, 5) is 25.6. The Bertz CT molecular complexity index is 1030. The number of hydrogen-bond acceptors (Lipinski definition) is 5.